The standard InChI is InChI=1S/C27H37N5/c1-20-9-8-15-28-26(20)22-10-7-11-23(31(22)4)27(2)24(19-21-13-17-30(3)18-14-21)32-16-6-5-12-25(32)29-27/h5-6,8-9,12,15-16,19,22-24H,7,10-11,13-14,17-18H2,1-4H3/t22-,23+,24?,27?/m0/s1. The van der Waals surface area contributed by atoms with Crippen molar-refractivity contribution in [2.24, 2.45) is 4.99 Å². The van der Waals surface area contributed by atoms with Gasteiger partial charge in [0.05, 0.1) is 23.3 Å². The molecule has 0 N–H and O–H groups in total. The molecule has 0 saturated carbocycles. The molecule has 5 nitrogen and oxygen atoms in total. The van der Waals surface area contributed by atoms with Gasteiger partial charge in [0, 0.05) is 31.5 Å². The van der Waals surface area contributed by atoms with Gasteiger partial charge >= 0.3 is 0 Å². The Labute approximate surface area is 193 Å². The lowest BCUT2D eigenvalue weighted by Gasteiger charge is -2.48. The number of aryl methyl sites for hydroxylation is 1. The summed E-state index contributed by atoms with van der Waals surface area (Å²) in [5.74, 6) is 1.11. The molecule has 1 aromatic heterocycles. The number of allylic oxidation sites excluding steroid dienone is 2. The van der Waals surface area contributed by atoms with Crippen molar-refractivity contribution in [2.75, 3.05) is 27.2 Å². The summed E-state index contributed by atoms with van der Waals surface area (Å²) < 4.78 is 0. The molecule has 2 fully saturated rings. The molecule has 5 heterocycles. The number of aliphatic imine (C=N–C) groups is 1. The van der Waals surface area contributed by atoms with Crippen molar-refractivity contribution in [3.8, 4) is 0 Å². The Morgan fingerprint density at radius 3 is 2.72 bits per heavy atom. The van der Waals surface area contributed by atoms with Crippen LogP contribution in [0.4, 0.5) is 0 Å². The summed E-state index contributed by atoms with van der Waals surface area (Å²) in [6.45, 7) is 6.90. The van der Waals surface area contributed by atoms with Gasteiger partial charge in [-0.1, -0.05) is 23.8 Å². The van der Waals surface area contributed by atoms with Crippen LogP contribution in [-0.4, -0.2) is 70.3 Å². The molecule has 4 aliphatic rings. The number of pyridine rings is 1. The molecule has 5 heteroatoms. The highest BCUT2D eigenvalue weighted by atomic mass is 15.3. The van der Waals surface area contributed by atoms with E-state index < -0.39 is 0 Å². The minimum absolute atomic E-state index is 0.194. The molecule has 5 rings (SSSR count). The Bertz CT molecular complexity index is 966. The zero-order valence-corrected chi connectivity index (χ0v) is 20.0. The molecule has 4 aliphatic heterocycles. The molecular formula is C27H37N5. The highest BCUT2D eigenvalue weighted by Gasteiger charge is 2.51. The second kappa shape index (κ2) is 8.60. The van der Waals surface area contributed by atoms with E-state index in [-0.39, 0.29) is 11.6 Å². The maximum atomic E-state index is 5.42. The van der Waals surface area contributed by atoms with E-state index in [0.29, 0.717) is 12.1 Å². The molecule has 1 aromatic rings. The summed E-state index contributed by atoms with van der Waals surface area (Å²) in [7, 11) is 4.53. The number of piperidine rings is 2. The van der Waals surface area contributed by atoms with E-state index >= 15 is 0 Å². The second-order valence-electron chi connectivity index (χ2n) is 10.2. The monoisotopic (exact) mass is 431 g/mol. The Balaban J connectivity index is 1.49. The molecule has 2 saturated heterocycles. The van der Waals surface area contributed by atoms with E-state index in [1.54, 1.807) is 5.57 Å². The van der Waals surface area contributed by atoms with Gasteiger partial charge in [0.1, 0.15) is 5.84 Å². The minimum atomic E-state index is -0.194. The smallest absolute Gasteiger partial charge is 0.128 e. The van der Waals surface area contributed by atoms with E-state index in [4.69, 9.17) is 9.98 Å². The summed E-state index contributed by atoms with van der Waals surface area (Å²) in [5, 5.41) is 0. The van der Waals surface area contributed by atoms with Crippen molar-refractivity contribution in [2.45, 2.75) is 69.6 Å². The number of likely N-dealkylation sites (N-methyl/N-ethyl adjacent to an activating group) is 1. The van der Waals surface area contributed by atoms with Crippen molar-refractivity contribution in [3.05, 3.63) is 65.7 Å². The molecule has 0 aliphatic carbocycles. The first kappa shape index (κ1) is 21.6. The zero-order chi connectivity index (χ0) is 22.3. The van der Waals surface area contributed by atoms with Crippen LogP contribution in [0.5, 0.6) is 0 Å². The SMILES string of the molecule is Cc1cccnc1[C@@H]1CCC[C@H](C2(C)N=C3C=CC=CN3C2C=C2CCN(C)CC2)N1C. The maximum Gasteiger partial charge on any atom is 0.128 e. The van der Waals surface area contributed by atoms with Crippen LogP contribution in [-0.2, 0) is 0 Å². The average molecular weight is 432 g/mol. The lowest BCUT2D eigenvalue weighted by molar-refractivity contribution is 0.0522. The topological polar surface area (TPSA) is 35.0 Å². The molecule has 0 amide bonds. The van der Waals surface area contributed by atoms with Crippen LogP contribution in [0.1, 0.15) is 56.3 Å². The quantitative estimate of drug-likeness (QED) is 0.661. The highest BCUT2D eigenvalue weighted by molar-refractivity contribution is 5.97. The molecule has 0 bridgehead atoms. The van der Waals surface area contributed by atoms with Gasteiger partial charge in [-0.25, -0.2) is 0 Å². The van der Waals surface area contributed by atoms with Gasteiger partial charge in [-0.2, -0.15) is 0 Å². The van der Waals surface area contributed by atoms with E-state index in [0.717, 1.165) is 18.9 Å². The summed E-state index contributed by atoms with van der Waals surface area (Å²) in [4.78, 5) is 17.7. The summed E-state index contributed by atoms with van der Waals surface area (Å²) in [6.07, 6.45) is 19.1. The maximum absolute atomic E-state index is 5.42. The van der Waals surface area contributed by atoms with Crippen LogP contribution < -0.4 is 0 Å². The Kier molecular flexibility index (Phi) is 5.81. The third-order valence-corrected chi connectivity index (χ3v) is 8.12. The third kappa shape index (κ3) is 3.75. The lowest BCUT2D eigenvalue weighted by atomic mass is 9.77. The second-order valence-corrected chi connectivity index (χ2v) is 10.2. The summed E-state index contributed by atoms with van der Waals surface area (Å²) in [5.41, 5.74) is 3.92. The lowest BCUT2D eigenvalue weighted by Crippen LogP contribution is -2.57. The van der Waals surface area contributed by atoms with Gasteiger partial charge in [-0.15, -0.1) is 0 Å². The first-order chi connectivity index (χ1) is 15.5. The number of aromatic nitrogens is 1. The van der Waals surface area contributed by atoms with E-state index in [1.807, 2.05) is 12.3 Å². The molecular weight excluding hydrogens is 394 g/mol. The highest BCUT2D eigenvalue weighted by Crippen LogP contribution is 2.44. The van der Waals surface area contributed by atoms with Gasteiger partial charge in [-0.05, 0) is 83.8 Å². The first-order valence-corrected chi connectivity index (χ1v) is 12.2. The number of hydrogen-bond donors (Lipinski definition) is 0. The van der Waals surface area contributed by atoms with Crippen molar-refractivity contribution in [3.63, 3.8) is 0 Å². The number of rotatable bonds is 3. The van der Waals surface area contributed by atoms with Gasteiger partial charge in [0.25, 0.3) is 0 Å². The van der Waals surface area contributed by atoms with Crippen LogP contribution in [0.15, 0.2) is 59.4 Å². The fraction of sp³-hybridized carbons (Fsp3) is 0.556. The van der Waals surface area contributed by atoms with Crippen LogP contribution in [0.3, 0.4) is 0 Å². The fourth-order valence-electron chi connectivity index (χ4n) is 6.20. The van der Waals surface area contributed by atoms with Gasteiger partial charge in [-0.3, -0.25) is 14.9 Å². The van der Waals surface area contributed by atoms with Gasteiger partial charge in [0.15, 0.2) is 0 Å². The van der Waals surface area contributed by atoms with Crippen LogP contribution in [0.25, 0.3) is 0 Å². The Morgan fingerprint density at radius 2 is 1.94 bits per heavy atom. The zero-order valence-electron chi connectivity index (χ0n) is 20.0. The molecule has 0 radical (unpaired) electrons. The molecule has 2 unspecified atom stereocenters. The molecule has 0 spiro atoms. The van der Waals surface area contributed by atoms with Crippen LogP contribution in [0, 0.1) is 6.92 Å². The largest absolute Gasteiger partial charge is 0.324 e. The van der Waals surface area contributed by atoms with Crippen molar-refractivity contribution >= 4 is 5.84 Å². The Hall–Kier alpha value is -2.24. The van der Waals surface area contributed by atoms with Gasteiger partial charge < -0.3 is 9.80 Å². The van der Waals surface area contributed by atoms with Crippen molar-refractivity contribution in [1.29, 1.82) is 0 Å². The fourth-order valence-corrected chi connectivity index (χ4v) is 6.20. The predicted octanol–water partition coefficient (Wildman–Crippen LogP) is 4.49. The molecule has 0 aromatic carbocycles. The predicted molar refractivity (Wildman–Crippen MR) is 132 cm³/mol. The number of hydrogen-bond acceptors (Lipinski definition) is 5. The van der Waals surface area contributed by atoms with E-state index in [2.05, 4.69) is 79.2 Å². The minimum Gasteiger partial charge on any atom is -0.324 e. The number of amidine groups is 1. The van der Waals surface area contributed by atoms with Crippen LogP contribution >= 0.6 is 0 Å². The first-order valence-electron chi connectivity index (χ1n) is 12.2. The van der Waals surface area contributed by atoms with E-state index in [1.165, 1.54) is 43.4 Å². The normalized spacial score (nSPS) is 33.4. The van der Waals surface area contributed by atoms with E-state index in [9.17, 15) is 0 Å². The molecule has 4 atom stereocenters. The number of nitrogens with zero attached hydrogens (tertiary/aromatic N) is 5. The number of likely N-dealkylation sites (tertiary alicyclic amines) is 2. The Morgan fingerprint density at radius 1 is 1.12 bits per heavy atom. The van der Waals surface area contributed by atoms with Crippen LogP contribution in [0.2, 0.25) is 0 Å². The van der Waals surface area contributed by atoms with Crippen molar-refractivity contribution < 1.29 is 0 Å². The number of fused-ring (bicyclic) bond motifs is 1. The summed E-state index contributed by atoms with van der Waals surface area (Å²) in [6, 6.07) is 5.22. The molecule has 170 valence electrons. The average Bonchev–Trinajstić information content (AvgIpc) is 3.08. The van der Waals surface area contributed by atoms with Gasteiger partial charge in [0.2, 0.25) is 0 Å². The van der Waals surface area contributed by atoms with Crippen molar-refractivity contribution in [1.82, 2.24) is 19.7 Å². The summed E-state index contributed by atoms with van der Waals surface area (Å²) >= 11 is 0. The molecule has 32 heavy (non-hydrogen) atoms. The third-order valence-electron chi connectivity index (χ3n) is 8.12.